The van der Waals surface area contributed by atoms with Gasteiger partial charge < -0.3 is 14.6 Å². The Morgan fingerprint density at radius 3 is 2.77 bits per heavy atom. The van der Waals surface area contributed by atoms with Gasteiger partial charge in [0.2, 0.25) is 0 Å². The van der Waals surface area contributed by atoms with Gasteiger partial charge in [0.1, 0.15) is 5.76 Å². The highest BCUT2D eigenvalue weighted by Crippen LogP contribution is 2.34. The number of ether oxygens (including phenoxy) is 1. The van der Waals surface area contributed by atoms with Crippen LogP contribution in [0.1, 0.15) is 41.1 Å². The smallest absolute Gasteiger partial charge is 0.251 e. The monoisotopic (exact) mass is 462 g/mol. The molecule has 0 bridgehead atoms. The molecule has 0 unspecified atom stereocenters. The number of benzene rings is 1. The van der Waals surface area contributed by atoms with Gasteiger partial charge in [-0.15, -0.1) is 11.6 Å². The number of hydrogen-bond acceptors (Lipinski definition) is 4. The number of rotatable bonds is 10. The van der Waals surface area contributed by atoms with Crippen LogP contribution in [-0.4, -0.2) is 30.1 Å². The molecule has 2 rings (SSSR count). The first-order valence-electron chi connectivity index (χ1n) is 8.39. The van der Waals surface area contributed by atoms with Gasteiger partial charge in [0.25, 0.3) is 5.91 Å². The van der Waals surface area contributed by atoms with E-state index in [1.807, 2.05) is 13.0 Å². The fourth-order valence-electron chi connectivity index (χ4n) is 2.38. The van der Waals surface area contributed by atoms with Crippen LogP contribution in [0.15, 0.2) is 27.2 Å². The van der Waals surface area contributed by atoms with E-state index in [1.54, 1.807) is 12.1 Å². The normalized spacial score (nSPS) is 10.8. The van der Waals surface area contributed by atoms with Gasteiger partial charge >= 0.3 is 0 Å². The summed E-state index contributed by atoms with van der Waals surface area (Å²) in [5.74, 6) is 1.60. The number of hydrogen-bond donors (Lipinski definition) is 1. The zero-order valence-electron chi connectivity index (χ0n) is 14.5. The van der Waals surface area contributed by atoms with Crippen molar-refractivity contribution < 1.29 is 14.1 Å². The van der Waals surface area contributed by atoms with E-state index in [0.29, 0.717) is 39.8 Å². The lowest BCUT2D eigenvalue weighted by Crippen LogP contribution is -2.25. The van der Waals surface area contributed by atoms with E-state index in [9.17, 15) is 4.79 Å². The first-order valence-corrected chi connectivity index (χ1v) is 10.1. The van der Waals surface area contributed by atoms with E-state index < -0.39 is 0 Å². The molecule has 1 aromatic carbocycles. The molecule has 0 fully saturated rings. The van der Waals surface area contributed by atoms with E-state index in [0.717, 1.165) is 37.1 Å². The molecule has 8 heteroatoms. The van der Waals surface area contributed by atoms with Crippen LogP contribution in [0.2, 0.25) is 5.02 Å². The Balaban J connectivity index is 1.77. The third-order valence-electron chi connectivity index (χ3n) is 3.63. The van der Waals surface area contributed by atoms with E-state index >= 15 is 0 Å². The number of aromatic nitrogens is 1. The summed E-state index contributed by atoms with van der Waals surface area (Å²) in [6, 6.07) is 5.24. The summed E-state index contributed by atoms with van der Waals surface area (Å²) in [5.41, 5.74) is 1.37. The quantitative estimate of drug-likeness (QED) is 0.390. The Morgan fingerprint density at radius 1 is 1.31 bits per heavy atom. The molecule has 0 aliphatic rings. The summed E-state index contributed by atoms with van der Waals surface area (Å²) in [7, 11) is 0. The third-order valence-corrected chi connectivity index (χ3v) is 4.69. The molecular weight excluding hydrogens is 443 g/mol. The zero-order chi connectivity index (χ0) is 18.9. The SMILES string of the molecule is Cc1cc(CCCCCOc2c(Cl)cc(C(=O)NCCCl)cc2Br)on1. The van der Waals surface area contributed by atoms with Crippen molar-refractivity contribution in [2.45, 2.75) is 32.6 Å². The number of aryl methyl sites for hydroxylation is 2. The number of nitrogens with zero attached hydrogens (tertiary/aromatic N) is 1. The number of amides is 1. The topological polar surface area (TPSA) is 64.4 Å². The van der Waals surface area contributed by atoms with Crippen molar-refractivity contribution in [2.24, 2.45) is 0 Å². The summed E-state index contributed by atoms with van der Waals surface area (Å²) in [4.78, 5) is 12.0. The highest BCUT2D eigenvalue weighted by Gasteiger charge is 2.13. The van der Waals surface area contributed by atoms with Crippen LogP contribution in [0, 0.1) is 6.92 Å². The number of unbranched alkanes of at least 4 members (excludes halogenated alkanes) is 2. The van der Waals surface area contributed by atoms with Gasteiger partial charge in [-0.3, -0.25) is 4.79 Å². The van der Waals surface area contributed by atoms with Crippen LogP contribution >= 0.6 is 39.1 Å². The molecule has 1 N–H and O–H groups in total. The summed E-state index contributed by atoms with van der Waals surface area (Å²) >= 11 is 15.2. The maximum atomic E-state index is 12.0. The molecule has 0 aliphatic heterocycles. The minimum Gasteiger partial charge on any atom is -0.491 e. The number of halogens is 3. The summed E-state index contributed by atoms with van der Waals surface area (Å²) in [5, 5.41) is 6.97. The van der Waals surface area contributed by atoms with Crippen LogP contribution in [0.25, 0.3) is 0 Å². The molecule has 0 saturated heterocycles. The molecule has 2 aromatic rings. The minimum absolute atomic E-state index is 0.220. The van der Waals surface area contributed by atoms with Crippen molar-refractivity contribution in [2.75, 3.05) is 19.0 Å². The molecule has 1 aromatic heterocycles. The lowest BCUT2D eigenvalue weighted by Gasteiger charge is -2.12. The van der Waals surface area contributed by atoms with Gasteiger partial charge in [-0.25, -0.2) is 0 Å². The molecule has 0 spiro atoms. The second-order valence-corrected chi connectivity index (χ2v) is 7.45. The number of alkyl halides is 1. The number of carbonyl (C=O) groups is 1. The fourth-order valence-corrected chi connectivity index (χ4v) is 3.44. The molecule has 0 atom stereocenters. The fraction of sp³-hybridized carbons (Fsp3) is 0.444. The molecule has 0 aliphatic carbocycles. The Hall–Kier alpha value is -1.24. The summed E-state index contributed by atoms with van der Waals surface area (Å²) in [6.07, 6.45) is 3.78. The van der Waals surface area contributed by atoms with Gasteiger partial charge in [-0.2, -0.15) is 0 Å². The maximum Gasteiger partial charge on any atom is 0.251 e. The Labute approximate surface area is 171 Å². The van der Waals surface area contributed by atoms with E-state index in [1.165, 1.54) is 0 Å². The van der Waals surface area contributed by atoms with Crippen molar-refractivity contribution in [3.8, 4) is 5.75 Å². The number of carbonyl (C=O) groups excluding carboxylic acids is 1. The number of nitrogens with one attached hydrogen (secondary N) is 1. The van der Waals surface area contributed by atoms with E-state index in [-0.39, 0.29) is 5.91 Å². The van der Waals surface area contributed by atoms with Crippen LogP contribution in [0.3, 0.4) is 0 Å². The van der Waals surface area contributed by atoms with Crippen LogP contribution in [0.5, 0.6) is 5.75 Å². The average molecular weight is 464 g/mol. The lowest BCUT2D eigenvalue weighted by atomic mass is 10.1. The second kappa shape index (κ2) is 10.8. The predicted octanol–water partition coefficient (Wildman–Crippen LogP) is 5.16. The molecule has 26 heavy (non-hydrogen) atoms. The second-order valence-electron chi connectivity index (χ2n) is 5.81. The molecule has 0 saturated carbocycles. The first kappa shape index (κ1) is 21.1. The largest absolute Gasteiger partial charge is 0.491 e. The van der Waals surface area contributed by atoms with E-state index in [4.69, 9.17) is 32.5 Å². The Bertz CT molecular complexity index is 714. The predicted molar refractivity (Wildman–Crippen MR) is 106 cm³/mol. The molecule has 1 heterocycles. The van der Waals surface area contributed by atoms with Crippen molar-refractivity contribution in [1.29, 1.82) is 0 Å². The highest BCUT2D eigenvalue weighted by atomic mass is 79.9. The third kappa shape index (κ3) is 6.49. The standard InChI is InChI=1S/C18H21BrCl2N2O3/c1-12-9-14(26-23-12)5-3-2-4-8-25-17-15(19)10-13(11-16(17)21)18(24)22-7-6-20/h9-11H,2-8H2,1H3,(H,22,24). The van der Waals surface area contributed by atoms with Crippen LogP contribution < -0.4 is 10.1 Å². The summed E-state index contributed by atoms with van der Waals surface area (Å²) in [6.45, 7) is 2.86. The molecular formula is C18H21BrCl2N2O3. The van der Waals surface area contributed by atoms with Gasteiger partial charge in [-0.1, -0.05) is 16.8 Å². The van der Waals surface area contributed by atoms with Gasteiger partial charge in [0.05, 0.1) is 21.8 Å². The van der Waals surface area contributed by atoms with Crippen molar-refractivity contribution in [3.63, 3.8) is 0 Å². The first-order chi connectivity index (χ1) is 12.5. The average Bonchev–Trinajstić information content (AvgIpc) is 3.02. The minimum atomic E-state index is -0.220. The highest BCUT2D eigenvalue weighted by molar-refractivity contribution is 9.10. The summed E-state index contributed by atoms with van der Waals surface area (Å²) < 4.78 is 11.6. The maximum absolute atomic E-state index is 12.0. The van der Waals surface area contributed by atoms with Crippen molar-refractivity contribution >= 4 is 45.0 Å². The Morgan fingerprint density at radius 2 is 2.12 bits per heavy atom. The van der Waals surface area contributed by atoms with E-state index in [2.05, 4.69) is 26.4 Å². The zero-order valence-corrected chi connectivity index (χ0v) is 17.6. The van der Waals surface area contributed by atoms with Gasteiger partial charge in [0, 0.05) is 30.5 Å². The van der Waals surface area contributed by atoms with Gasteiger partial charge in [0.15, 0.2) is 5.75 Å². The van der Waals surface area contributed by atoms with Gasteiger partial charge in [-0.05, 0) is 54.2 Å². The van der Waals surface area contributed by atoms with Crippen molar-refractivity contribution in [3.05, 3.63) is 44.7 Å². The Kier molecular flexibility index (Phi) is 8.75. The van der Waals surface area contributed by atoms with Crippen LogP contribution in [-0.2, 0) is 6.42 Å². The van der Waals surface area contributed by atoms with Crippen LogP contribution in [0.4, 0.5) is 0 Å². The van der Waals surface area contributed by atoms with Crippen molar-refractivity contribution in [1.82, 2.24) is 10.5 Å². The molecule has 0 radical (unpaired) electrons. The lowest BCUT2D eigenvalue weighted by molar-refractivity contribution is 0.0956. The molecule has 1 amide bonds. The molecule has 142 valence electrons. The molecule has 5 nitrogen and oxygen atoms in total.